The van der Waals surface area contributed by atoms with E-state index in [1.54, 1.807) is 12.1 Å². The first-order valence-corrected chi connectivity index (χ1v) is 14.0. The maximum Gasteiger partial charge on any atom is 0.224 e. The van der Waals surface area contributed by atoms with Crippen molar-refractivity contribution in [1.29, 1.82) is 0 Å². The van der Waals surface area contributed by atoms with Crippen molar-refractivity contribution in [2.75, 3.05) is 20.6 Å². The molecule has 0 fully saturated rings. The Morgan fingerprint density at radius 1 is 1.19 bits per heavy atom. The predicted octanol–water partition coefficient (Wildman–Crippen LogP) is 5.87. The average molecular weight is 534 g/mol. The first-order valence-electron chi connectivity index (χ1n) is 12.8. The van der Waals surface area contributed by atoms with Gasteiger partial charge in [-0.2, -0.15) is 0 Å². The summed E-state index contributed by atoms with van der Waals surface area (Å²) in [6, 6.07) is 5.42. The Hall–Kier alpha value is -2.09. The Morgan fingerprint density at radius 2 is 1.94 bits per heavy atom. The third-order valence-corrected chi connectivity index (χ3v) is 7.60. The van der Waals surface area contributed by atoms with E-state index in [1.807, 2.05) is 44.1 Å². The second kappa shape index (κ2) is 15.2. The molecule has 0 aliphatic heterocycles. The molecule has 36 heavy (non-hydrogen) atoms. The zero-order chi connectivity index (χ0) is 26.7. The van der Waals surface area contributed by atoms with Gasteiger partial charge in [0.15, 0.2) is 5.78 Å². The number of carbonyl (C=O) groups is 3. The molecule has 0 bridgehead atoms. The van der Waals surface area contributed by atoms with E-state index in [4.69, 9.17) is 11.6 Å². The number of thiazole rings is 1. The van der Waals surface area contributed by atoms with E-state index >= 15 is 0 Å². The Bertz CT molecular complexity index is 1050. The molecule has 0 aliphatic rings. The average Bonchev–Trinajstić information content (AvgIpc) is 3.21. The van der Waals surface area contributed by atoms with Gasteiger partial charge in [0.25, 0.3) is 0 Å². The van der Waals surface area contributed by atoms with Crippen LogP contribution in [0, 0.1) is 11.8 Å². The molecule has 1 aromatic heterocycles. The number of amides is 1. The number of nitrogens with zero attached hydrogens (tertiary/aromatic N) is 2. The summed E-state index contributed by atoms with van der Waals surface area (Å²) in [6.07, 6.45) is 7.12. The van der Waals surface area contributed by atoms with E-state index in [-0.39, 0.29) is 35.9 Å². The summed E-state index contributed by atoms with van der Waals surface area (Å²) in [5.41, 5.74) is 0.844. The summed E-state index contributed by atoms with van der Waals surface area (Å²) in [7, 11) is 3.91. The molecule has 1 N–H and O–H groups in total. The Balaban J connectivity index is 2.13. The molecule has 0 saturated heterocycles. The SMILES string of the molecule is CCCC(=O)C[C@@H](Cc1nc2ccc(Cl)cc2s1)C(=O)N[C@H](CCC(=O)/C=C/CN(C)C)[C@@H](C)CC. The number of nitrogens with one attached hydrogen (secondary N) is 1. The fraction of sp³-hybridized carbons (Fsp3) is 0.571. The quantitative estimate of drug-likeness (QED) is 0.273. The van der Waals surface area contributed by atoms with Crippen molar-refractivity contribution in [3.63, 3.8) is 0 Å². The molecule has 2 aromatic rings. The van der Waals surface area contributed by atoms with E-state index in [9.17, 15) is 14.4 Å². The summed E-state index contributed by atoms with van der Waals surface area (Å²) in [4.78, 5) is 45.0. The van der Waals surface area contributed by atoms with Gasteiger partial charge in [-0.15, -0.1) is 11.3 Å². The van der Waals surface area contributed by atoms with Crippen molar-refractivity contribution in [1.82, 2.24) is 15.2 Å². The number of ketones is 2. The molecule has 0 spiro atoms. The number of allylic oxidation sites excluding steroid dienone is 1. The van der Waals surface area contributed by atoms with Crippen LogP contribution in [0.4, 0.5) is 0 Å². The van der Waals surface area contributed by atoms with Gasteiger partial charge in [0.2, 0.25) is 5.91 Å². The maximum absolute atomic E-state index is 13.5. The molecule has 8 heteroatoms. The fourth-order valence-electron chi connectivity index (χ4n) is 4.02. The standard InChI is InChI=1S/C28H40ClN3O3S/c1-6-9-23(34)16-20(17-27-30-25-13-11-21(29)18-26(25)36-27)28(35)31-24(19(3)7-2)14-12-22(33)10-8-15-32(4)5/h8,10-11,13,18-20,24H,6-7,9,12,14-17H2,1-5H3,(H,31,35)/b10-8+/t19-,20-,24+/m0/s1. The number of fused-ring (bicyclic) bond motifs is 1. The second-order valence-corrected chi connectivity index (χ2v) is 11.3. The zero-order valence-corrected chi connectivity index (χ0v) is 23.8. The number of rotatable bonds is 16. The largest absolute Gasteiger partial charge is 0.353 e. The number of aromatic nitrogens is 1. The summed E-state index contributed by atoms with van der Waals surface area (Å²) in [5, 5.41) is 4.65. The van der Waals surface area contributed by atoms with Gasteiger partial charge in [-0.1, -0.05) is 44.9 Å². The minimum atomic E-state index is -0.498. The molecule has 1 heterocycles. The van der Waals surface area contributed by atoms with Crippen molar-refractivity contribution in [3.05, 3.63) is 40.4 Å². The summed E-state index contributed by atoms with van der Waals surface area (Å²) >= 11 is 7.63. The first-order chi connectivity index (χ1) is 17.1. The highest BCUT2D eigenvalue weighted by atomic mass is 35.5. The van der Waals surface area contributed by atoms with Crippen molar-refractivity contribution < 1.29 is 14.4 Å². The number of hydrogen-bond acceptors (Lipinski definition) is 6. The Labute approximate surface area is 224 Å². The van der Waals surface area contributed by atoms with E-state index in [2.05, 4.69) is 24.1 Å². The minimum absolute atomic E-state index is 0.0576. The van der Waals surface area contributed by atoms with E-state index < -0.39 is 5.92 Å². The zero-order valence-electron chi connectivity index (χ0n) is 22.2. The lowest BCUT2D eigenvalue weighted by Gasteiger charge is -2.26. The number of Topliss-reactive ketones (excluding diaryl/α,β-unsaturated/α-hetero) is 1. The lowest BCUT2D eigenvalue weighted by molar-refractivity contribution is -0.130. The van der Waals surface area contributed by atoms with E-state index in [1.165, 1.54) is 11.3 Å². The first kappa shape index (κ1) is 30.1. The molecule has 1 amide bonds. The monoisotopic (exact) mass is 533 g/mol. The van der Waals surface area contributed by atoms with Crippen molar-refractivity contribution in [2.45, 2.75) is 71.8 Å². The topological polar surface area (TPSA) is 79.4 Å². The van der Waals surface area contributed by atoms with Crippen molar-refractivity contribution in [3.8, 4) is 0 Å². The molecule has 2 rings (SSSR count). The van der Waals surface area contributed by atoms with Crippen LogP contribution in [0.25, 0.3) is 10.2 Å². The maximum atomic E-state index is 13.5. The van der Waals surface area contributed by atoms with Crippen LogP contribution in [0.5, 0.6) is 0 Å². The lowest BCUT2D eigenvalue weighted by atomic mass is 9.91. The molecular weight excluding hydrogens is 494 g/mol. The van der Waals surface area contributed by atoms with Crippen molar-refractivity contribution >= 4 is 50.6 Å². The van der Waals surface area contributed by atoms with Gasteiger partial charge in [0, 0.05) is 43.3 Å². The van der Waals surface area contributed by atoms with Gasteiger partial charge < -0.3 is 10.2 Å². The molecule has 0 aliphatic carbocycles. The molecule has 198 valence electrons. The highest BCUT2D eigenvalue weighted by Crippen LogP contribution is 2.28. The van der Waals surface area contributed by atoms with Gasteiger partial charge in [-0.3, -0.25) is 14.4 Å². The highest BCUT2D eigenvalue weighted by Gasteiger charge is 2.27. The molecular formula is C28H40ClN3O3S. The summed E-state index contributed by atoms with van der Waals surface area (Å²) in [6.45, 7) is 6.85. The normalized spacial score (nSPS) is 14.3. The number of likely N-dealkylation sites (N-methyl/N-ethyl adjacent to an activating group) is 1. The number of halogens is 1. The van der Waals surface area contributed by atoms with Crippen LogP contribution in [0.3, 0.4) is 0 Å². The molecule has 6 nitrogen and oxygen atoms in total. The third kappa shape index (κ3) is 10.1. The number of hydrogen-bond donors (Lipinski definition) is 1. The molecule has 0 radical (unpaired) electrons. The molecule has 0 unspecified atom stereocenters. The summed E-state index contributed by atoms with van der Waals surface area (Å²) < 4.78 is 0.967. The Morgan fingerprint density at radius 3 is 2.61 bits per heavy atom. The second-order valence-electron chi connectivity index (χ2n) is 9.78. The van der Waals surface area contributed by atoms with Crippen LogP contribution in [0.2, 0.25) is 5.02 Å². The lowest BCUT2D eigenvalue weighted by Crippen LogP contribution is -2.43. The predicted molar refractivity (Wildman–Crippen MR) is 150 cm³/mol. The molecule has 0 saturated carbocycles. The van der Waals surface area contributed by atoms with Crippen LogP contribution < -0.4 is 5.32 Å². The number of carbonyl (C=O) groups excluding carboxylic acids is 3. The highest BCUT2D eigenvalue weighted by molar-refractivity contribution is 7.18. The van der Waals surface area contributed by atoms with Gasteiger partial charge in [-0.25, -0.2) is 4.98 Å². The smallest absolute Gasteiger partial charge is 0.224 e. The van der Waals surface area contributed by atoms with E-state index in [0.29, 0.717) is 37.3 Å². The van der Waals surface area contributed by atoms with Crippen LogP contribution in [0.1, 0.15) is 64.3 Å². The van der Waals surface area contributed by atoms with Gasteiger partial charge in [0.05, 0.1) is 21.1 Å². The Kier molecular flexibility index (Phi) is 12.7. The van der Waals surface area contributed by atoms with Gasteiger partial charge in [-0.05, 0) is 57.1 Å². The number of benzene rings is 1. The summed E-state index contributed by atoms with van der Waals surface area (Å²) in [5.74, 6) is -0.283. The van der Waals surface area contributed by atoms with Crippen LogP contribution in [0.15, 0.2) is 30.4 Å². The van der Waals surface area contributed by atoms with Crippen molar-refractivity contribution in [2.24, 2.45) is 11.8 Å². The van der Waals surface area contributed by atoms with Gasteiger partial charge in [0.1, 0.15) is 5.78 Å². The van der Waals surface area contributed by atoms with Gasteiger partial charge >= 0.3 is 0 Å². The molecule has 3 atom stereocenters. The van der Waals surface area contributed by atoms with Crippen LogP contribution in [-0.4, -0.2) is 54.0 Å². The third-order valence-electron chi connectivity index (χ3n) is 6.32. The van der Waals surface area contributed by atoms with Crippen LogP contribution >= 0.6 is 22.9 Å². The molecule has 1 aromatic carbocycles. The van der Waals surface area contributed by atoms with E-state index in [0.717, 1.165) is 28.1 Å². The minimum Gasteiger partial charge on any atom is -0.353 e. The fourth-order valence-corrected chi connectivity index (χ4v) is 5.34. The van der Waals surface area contributed by atoms with Crippen LogP contribution in [-0.2, 0) is 20.8 Å².